The van der Waals surface area contributed by atoms with Crippen molar-refractivity contribution in [2.24, 2.45) is 0 Å². The monoisotopic (exact) mass is 340 g/mol. The summed E-state index contributed by atoms with van der Waals surface area (Å²) in [6, 6.07) is 0. The first-order valence-corrected chi connectivity index (χ1v) is 0. The molecule has 0 aromatic rings. The van der Waals surface area contributed by atoms with Crippen molar-refractivity contribution in [3.63, 3.8) is 0 Å². The van der Waals surface area contributed by atoms with Crippen molar-refractivity contribution in [1.82, 2.24) is 0 Å². The summed E-state index contributed by atoms with van der Waals surface area (Å²) in [5.41, 5.74) is 0. The second kappa shape index (κ2) is 30.0. The third kappa shape index (κ3) is 20.3. The van der Waals surface area contributed by atoms with Gasteiger partial charge < -0.3 is 67.9 Å². The molecular formula is Br4Mg-2. The maximum Gasteiger partial charge on any atom is 2.00 e. The first-order valence-electron chi connectivity index (χ1n) is 0. The van der Waals surface area contributed by atoms with Gasteiger partial charge in [-0.3, -0.25) is 0 Å². The summed E-state index contributed by atoms with van der Waals surface area (Å²) >= 11 is 0. The molecule has 0 atom stereocenters. The van der Waals surface area contributed by atoms with Crippen molar-refractivity contribution >= 4 is 23.1 Å². The van der Waals surface area contributed by atoms with Crippen LogP contribution in [0, 0.1) is 0 Å². The summed E-state index contributed by atoms with van der Waals surface area (Å²) in [6.07, 6.45) is 0. The van der Waals surface area contributed by atoms with Crippen LogP contribution >= 0.6 is 0 Å². The Balaban J connectivity index is 0. The SMILES string of the molecule is [Br-].[Br-].[Br-].[Br-].[Mg+2]. The van der Waals surface area contributed by atoms with E-state index in [1.165, 1.54) is 0 Å². The molecule has 0 radical (unpaired) electrons. The van der Waals surface area contributed by atoms with Crippen LogP contribution < -0.4 is 67.9 Å². The van der Waals surface area contributed by atoms with E-state index in [4.69, 9.17) is 0 Å². The molecule has 0 N–H and O–H groups in total. The Morgan fingerprint density at radius 1 is 0.400 bits per heavy atom. The van der Waals surface area contributed by atoms with E-state index in [2.05, 4.69) is 0 Å². The van der Waals surface area contributed by atoms with Gasteiger partial charge in [0.2, 0.25) is 0 Å². The van der Waals surface area contributed by atoms with Crippen LogP contribution in [-0.2, 0) is 0 Å². The molecule has 0 fully saturated rings. The van der Waals surface area contributed by atoms with Gasteiger partial charge >= 0.3 is 23.1 Å². The Bertz CT molecular complexity index is 3.61. The molecule has 0 aromatic heterocycles. The second-order valence-corrected chi connectivity index (χ2v) is 0. The van der Waals surface area contributed by atoms with Gasteiger partial charge in [0.15, 0.2) is 0 Å². The average Bonchev–Trinajstić information content (AvgIpc) is 0. The predicted molar refractivity (Wildman–Crippen MR) is 5.75 cm³/mol. The number of hydrogen-bond acceptors (Lipinski definition) is 0. The Morgan fingerprint density at radius 3 is 0.400 bits per heavy atom. The van der Waals surface area contributed by atoms with Gasteiger partial charge in [-0.1, -0.05) is 0 Å². The van der Waals surface area contributed by atoms with Crippen molar-refractivity contribution in [3.05, 3.63) is 0 Å². The van der Waals surface area contributed by atoms with Crippen LogP contribution in [0.4, 0.5) is 0 Å². The third-order valence-electron chi connectivity index (χ3n) is 0. The fourth-order valence-corrected chi connectivity index (χ4v) is 0. The Labute approximate surface area is 89.7 Å². The second-order valence-electron chi connectivity index (χ2n) is 0. The zero-order valence-electron chi connectivity index (χ0n) is 2.22. The van der Waals surface area contributed by atoms with Crippen molar-refractivity contribution in [1.29, 1.82) is 0 Å². The summed E-state index contributed by atoms with van der Waals surface area (Å²) in [5, 5.41) is 0. The summed E-state index contributed by atoms with van der Waals surface area (Å²) in [6.45, 7) is 0. The van der Waals surface area contributed by atoms with Gasteiger partial charge in [-0.25, -0.2) is 0 Å². The first-order chi connectivity index (χ1) is 0. The van der Waals surface area contributed by atoms with Crippen LogP contribution in [0.5, 0.6) is 0 Å². The standard InChI is InChI=1S/4BrH.Mg/h4*1H;/q;;;;+2/p-4. The zero-order chi connectivity index (χ0) is 0. The van der Waals surface area contributed by atoms with Gasteiger partial charge in [0.1, 0.15) is 0 Å². The Morgan fingerprint density at radius 2 is 0.400 bits per heavy atom. The van der Waals surface area contributed by atoms with E-state index in [9.17, 15) is 0 Å². The van der Waals surface area contributed by atoms with Crippen molar-refractivity contribution in [3.8, 4) is 0 Å². The van der Waals surface area contributed by atoms with Crippen LogP contribution in [0.25, 0.3) is 0 Å². The number of halogens is 4. The molecule has 0 spiro atoms. The average molecular weight is 344 g/mol. The third-order valence-corrected chi connectivity index (χ3v) is 0. The van der Waals surface area contributed by atoms with Crippen molar-refractivity contribution in [2.45, 2.75) is 0 Å². The molecular weight excluding hydrogens is 344 g/mol. The largest absolute Gasteiger partial charge is 2.00 e. The smallest absolute Gasteiger partial charge is 1.00 e. The minimum Gasteiger partial charge on any atom is -1.00 e. The van der Waals surface area contributed by atoms with Gasteiger partial charge in [0.25, 0.3) is 0 Å². The Hall–Kier alpha value is 2.69. The molecule has 0 saturated carbocycles. The minimum atomic E-state index is 0. The predicted octanol–water partition coefficient (Wildman–Crippen LogP) is -12.4. The summed E-state index contributed by atoms with van der Waals surface area (Å²) < 4.78 is 0. The first kappa shape index (κ1) is 47.6. The molecule has 0 aliphatic heterocycles. The molecule has 32 valence electrons. The van der Waals surface area contributed by atoms with E-state index in [-0.39, 0.29) is 91.0 Å². The molecule has 0 aliphatic rings. The van der Waals surface area contributed by atoms with Gasteiger partial charge in [-0.05, 0) is 0 Å². The van der Waals surface area contributed by atoms with E-state index in [1.54, 1.807) is 0 Å². The topological polar surface area (TPSA) is 0 Å². The van der Waals surface area contributed by atoms with E-state index in [1.807, 2.05) is 0 Å². The Kier molecular flexibility index (Phi) is 285. The van der Waals surface area contributed by atoms with Gasteiger partial charge in [0, 0.05) is 0 Å². The maximum atomic E-state index is 0. The normalized spacial score (nSPS) is 0. The molecule has 0 aromatic carbocycles. The fraction of sp³-hybridized carbons (Fsp3) is 0. The molecule has 0 unspecified atom stereocenters. The fourth-order valence-electron chi connectivity index (χ4n) is 0. The molecule has 0 aliphatic carbocycles. The number of rotatable bonds is 0. The molecule has 0 rings (SSSR count). The molecule has 5 heavy (non-hydrogen) atoms. The van der Waals surface area contributed by atoms with Crippen LogP contribution in [0.15, 0.2) is 0 Å². The summed E-state index contributed by atoms with van der Waals surface area (Å²) in [7, 11) is 0. The van der Waals surface area contributed by atoms with E-state index < -0.39 is 0 Å². The van der Waals surface area contributed by atoms with Crippen molar-refractivity contribution in [2.75, 3.05) is 0 Å². The van der Waals surface area contributed by atoms with Crippen LogP contribution in [0.3, 0.4) is 0 Å². The van der Waals surface area contributed by atoms with Crippen LogP contribution in [-0.4, -0.2) is 23.1 Å². The van der Waals surface area contributed by atoms with Gasteiger partial charge in [0.05, 0.1) is 0 Å². The maximum absolute atomic E-state index is 0. The zero-order valence-corrected chi connectivity index (χ0v) is 9.98. The molecule has 0 nitrogen and oxygen atoms in total. The quantitative estimate of drug-likeness (QED) is 0.383. The minimum absolute atomic E-state index is 0. The molecule has 0 amide bonds. The van der Waals surface area contributed by atoms with E-state index in [0.29, 0.717) is 0 Å². The summed E-state index contributed by atoms with van der Waals surface area (Å²) in [4.78, 5) is 0. The van der Waals surface area contributed by atoms with Crippen LogP contribution in [0.1, 0.15) is 0 Å². The van der Waals surface area contributed by atoms with E-state index in [0.717, 1.165) is 0 Å². The molecule has 5 heteroatoms. The van der Waals surface area contributed by atoms with Crippen LogP contribution in [0.2, 0.25) is 0 Å². The van der Waals surface area contributed by atoms with E-state index >= 15 is 0 Å². The van der Waals surface area contributed by atoms with Gasteiger partial charge in [-0.2, -0.15) is 0 Å². The molecule has 0 heterocycles. The molecule has 0 saturated heterocycles. The number of hydrogen-bond donors (Lipinski definition) is 0. The summed E-state index contributed by atoms with van der Waals surface area (Å²) in [5.74, 6) is 0. The van der Waals surface area contributed by atoms with Crippen molar-refractivity contribution < 1.29 is 67.9 Å². The molecule has 0 bridgehead atoms. The van der Waals surface area contributed by atoms with Gasteiger partial charge in [-0.15, -0.1) is 0 Å².